The minimum absolute atomic E-state index is 0.344. The molecule has 0 unspecified atom stereocenters. The second-order valence-electron chi connectivity index (χ2n) is 10.7. The Hall–Kier alpha value is -0.310. The number of carboxylic acids is 1. The molecule has 2 nitrogen and oxygen atoms in total. The van der Waals surface area contributed by atoms with Crippen LogP contribution in [0.2, 0.25) is 0 Å². The lowest BCUT2D eigenvalue weighted by atomic mass is 9.44. The number of halogens is 1. The molecule has 0 aromatic rings. The summed E-state index contributed by atoms with van der Waals surface area (Å²) in [7, 11) is 0. The van der Waals surface area contributed by atoms with E-state index in [0.717, 1.165) is 12.8 Å². The van der Waals surface area contributed by atoms with E-state index in [9.17, 15) is 4.79 Å². The quantitative estimate of drug-likeness (QED) is 0.0918. The van der Waals surface area contributed by atoms with Gasteiger partial charge >= 0.3 is 5.97 Å². The number of hydrogen-bond donors (Lipinski definition) is 1. The van der Waals surface area contributed by atoms with E-state index in [-0.39, 0.29) is 0 Å². The van der Waals surface area contributed by atoms with Gasteiger partial charge in [0.15, 0.2) is 0 Å². The van der Waals surface area contributed by atoms with E-state index in [1.54, 1.807) is 0 Å². The van der Waals surface area contributed by atoms with Crippen molar-refractivity contribution in [1.82, 2.24) is 0 Å². The largest absolute Gasteiger partial charge is 0.481 e. The Morgan fingerprint density at radius 2 is 1.00 bits per heavy atom. The number of rotatable bonds is 22. The molecule has 3 fully saturated rings. The third-order valence-electron chi connectivity index (χ3n) is 7.49. The van der Waals surface area contributed by atoms with E-state index in [1.165, 1.54) is 128 Å². The molecule has 0 amide bonds. The van der Waals surface area contributed by atoms with Crippen molar-refractivity contribution in [1.29, 1.82) is 0 Å². The molecule has 0 saturated heterocycles. The third kappa shape index (κ3) is 11.9. The van der Waals surface area contributed by atoms with Gasteiger partial charge in [0.05, 0.1) is 0 Å². The van der Waals surface area contributed by atoms with Crippen molar-refractivity contribution in [2.75, 3.05) is 0 Å². The Kier molecular flexibility index (Phi) is 13.5. The highest BCUT2D eigenvalue weighted by Gasteiger charge is 2.64. The Bertz CT molecular complexity index is 493. The fraction of sp³-hybridized carbons (Fsp3) is 0.893. The summed E-state index contributed by atoms with van der Waals surface area (Å²) >= 11 is 3.82. The van der Waals surface area contributed by atoms with Crippen molar-refractivity contribution in [3.8, 4) is 0 Å². The fourth-order valence-corrected chi connectivity index (χ4v) is 7.29. The summed E-state index contributed by atoms with van der Waals surface area (Å²) in [5.74, 6) is -0.651. The summed E-state index contributed by atoms with van der Waals surface area (Å²) in [6.45, 7) is 0. The molecule has 3 aliphatic rings. The summed E-state index contributed by atoms with van der Waals surface area (Å²) in [6, 6.07) is 0. The summed E-state index contributed by atoms with van der Waals surface area (Å²) in [6.07, 6.45) is 35.0. The van der Waals surface area contributed by atoms with Crippen LogP contribution in [0.15, 0.2) is 12.2 Å². The van der Waals surface area contributed by atoms with Crippen LogP contribution in [0.1, 0.15) is 148 Å². The normalized spacial score (nSPS) is 24.3. The zero-order valence-electron chi connectivity index (χ0n) is 20.2. The van der Waals surface area contributed by atoms with E-state index < -0.39 is 5.97 Å². The minimum Gasteiger partial charge on any atom is -0.481 e. The highest BCUT2D eigenvalue weighted by molar-refractivity contribution is 9.10. The molecule has 3 heteroatoms. The van der Waals surface area contributed by atoms with Gasteiger partial charge in [0, 0.05) is 10.7 Å². The highest BCUT2D eigenvalue weighted by atomic mass is 79.9. The van der Waals surface area contributed by atoms with Crippen LogP contribution in [0, 0.1) is 5.41 Å². The van der Waals surface area contributed by atoms with Crippen molar-refractivity contribution in [3.05, 3.63) is 12.2 Å². The van der Waals surface area contributed by atoms with E-state index >= 15 is 0 Å². The van der Waals surface area contributed by atoms with Gasteiger partial charge in [0.25, 0.3) is 0 Å². The molecule has 3 aliphatic carbocycles. The first-order chi connectivity index (χ1) is 15.0. The van der Waals surface area contributed by atoms with Crippen LogP contribution < -0.4 is 0 Å². The minimum atomic E-state index is -0.651. The van der Waals surface area contributed by atoms with Crippen molar-refractivity contribution in [2.45, 2.75) is 152 Å². The van der Waals surface area contributed by atoms with Gasteiger partial charge in [0.1, 0.15) is 0 Å². The Morgan fingerprint density at radius 1 is 0.645 bits per heavy atom. The standard InChI is InChI=1S/C28H49BrO2/c29-28-23-27(24-28,25-28)22-20-18-16-14-12-10-8-6-4-2-1-3-5-7-9-11-13-15-17-19-21-26(30)31/h20,22H,1-19,21,23-25H2,(H,30,31). The summed E-state index contributed by atoms with van der Waals surface area (Å²) in [4.78, 5) is 10.4. The second-order valence-corrected chi connectivity index (χ2v) is 12.4. The molecule has 3 saturated carbocycles. The van der Waals surface area contributed by atoms with Crippen molar-refractivity contribution in [2.24, 2.45) is 5.41 Å². The Morgan fingerprint density at radius 3 is 1.35 bits per heavy atom. The van der Waals surface area contributed by atoms with E-state index in [1.807, 2.05) is 0 Å². The average molecular weight is 498 g/mol. The highest BCUT2D eigenvalue weighted by Crippen LogP contribution is 2.72. The van der Waals surface area contributed by atoms with Crippen molar-refractivity contribution < 1.29 is 9.90 Å². The molecule has 0 spiro atoms. The summed E-state index contributed by atoms with van der Waals surface area (Å²) < 4.78 is 0.560. The molecule has 2 bridgehead atoms. The van der Waals surface area contributed by atoms with Crippen LogP contribution in [0.3, 0.4) is 0 Å². The lowest BCUT2D eigenvalue weighted by Gasteiger charge is -2.67. The van der Waals surface area contributed by atoms with Crippen LogP contribution >= 0.6 is 15.9 Å². The van der Waals surface area contributed by atoms with Crippen LogP contribution in [0.5, 0.6) is 0 Å². The second kappa shape index (κ2) is 15.5. The lowest BCUT2D eigenvalue weighted by Crippen LogP contribution is -2.61. The first-order valence-electron chi connectivity index (χ1n) is 13.6. The van der Waals surface area contributed by atoms with Gasteiger partial charge in [-0.3, -0.25) is 4.79 Å². The summed E-state index contributed by atoms with van der Waals surface area (Å²) in [5, 5.41) is 8.60. The molecular weight excluding hydrogens is 448 g/mol. The Balaban J connectivity index is 1.18. The maximum absolute atomic E-state index is 10.4. The number of hydrogen-bond acceptors (Lipinski definition) is 1. The molecule has 31 heavy (non-hydrogen) atoms. The SMILES string of the molecule is O=C(O)CCCCCCCCCCCCCCCCCCCCC=CC12CC(Br)(C1)C2. The molecule has 0 aromatic heterocycles. The molecule has 0 radical (unpaired) electrons. The van der Waals surface area contributed by atoms with Gasteiger partial charge in [-0.05, 0) is 43.9 Å². The number of carbonyl (C=O) groups is 1. The molecule has 0 aromatic carbocycles. The summed E-state index contributed by atoms with van der Waals surface area (Å²) in [5.41, 5.74) is 0.620. The average Bonchev–Trinajstić information content (AvgIpc) is 2.69. The van der Waals surface area contributed by atoms with Crippen LogP contribution in [0.25, 0.3) is 0 Å². The van der Waals surface area contributed by atoms with Gasteiger partial charge < -0.3 is 5.11 Å². The molecule has 0 atom stereocenters. The molecule has 180 valence electrons. The zero-order chi connectivity index (χ0) is 22.3. The molecule has 1 N–H and O–H groups in total. The number of allylic oxidation sites excluding steroid dienone is 2. The van der Waals surface area contributed by atoms with Crippen molar-refractivity contribution in [3.63, 3.8) is 0 Å². The van der Waals surface area contributed by atoms with Gasteiger partial charge in [-0.2, -0.15) is 0 Å². The van der Waals surface area contributed by atoms with E-state index in [4.69, 9.17) is 5.11 Å². The van der Waals surface area contributed by atoms with Gasteiger partial charge in [0.2, 0.25) is 0 Å². The topological polar surface area (TPSA) is 37.3 Å². The first-order valence-corrected chi connectivity index (χ1v) is 14.4. The fourth-order valence-electron chi connectivity index (χ4n) is 5.61. The molecule has 0 aliphatic heterocycles. The Labute approximate surface area is 201 Å². The predicted molar refractivity (Wildman–Crippen MR) is 137 cm³/mol. The number of aliphatic carboxylic acids is 1. The van der Waals surface area contributed by atoms with Crippen LogP contribution in [0.4, 0.5) is 0 Å². The maximum Gasteiger partial charge on any atom is 0.303 e. The zero-order valence-corrected chi connectivity index (χ0v) is 21.7. The number of unbranched alkanes of at least 4 members (excludes halogenated alkanes) is 18. The molecular formula is C28H49BrO2. The van der Waals surface area contributed by atoms with Crippen molar-refractivity contribution >= 4 is 21.9 Å². The van der Waals surface area contributed by atoms with E-state index in [0.29, 0.717) is 16.2 Å². The predicted octanol–water partition coefficient (Wildman–Crippen LogP) is 9.75. The van der Waals surface area contributed by atoms with Gasteiger partial charge in [-0.25, -0.2) is 0 Å². The third-order valence-corrected chi connectivity index (χ3v) is 8.33. The van der Waals surface area contributed by atoms with Gasteiger partial charge in [-0.1, -0.05) is 131 Å². The van der Waals surface area contributed by atoms with E-state index in [2.05, 4.69) is 28.1 Å². The van der Waals surface area contributed by atoms with Crippen LogP contribution in [-0.4, -0.2) is 15.4 Å². The maximum atomic E-state index is 10.4. The lowest BCUT2D eigenvalue weighted by molar-refractivity contribution is -0.137. The first kappa shape index (κ1) is 26.9. The smallest absolute Gasteiger partial charge is 0.303 e. The van der Waals surface area contributed by atoms with Crippen LogP contribution in [-0.2, 0) is 4.79 Å². The molecule has 0 heterocycles. The monoisotopic (exact) mass is 496 g/mol. The molecule has 3 rings (SSSR count). The number of carboxylic acid groups (broad SMARTS) is 1. The van der Waals surface area contributed by atoms with Gasteiger partial charge in [-0.15, -0.1) is 0 Å². The number of alkyl halides is 1.